The van der Waals surface area contributed by atoms with Gasteiger partial charge in [-0.25, -0.2) is 34.3 Å². The summed E-state index contributed by atoms with van der Waals surface area (Å²) < 4.78 is 20.1. The van der Waals surface area contributed by atoms with Crippen LogP contribution < -0.4 is 5.32 Å². The van der Waals surface area contributed by atoms with E-state index in [1.165, 1.54) is 26.0 Å². The van der Waals surface area contributed by atoms with Gasteiger partial charge in [-0.3, -0.25) is 0 Å². The average Bonchev–Trinajstić information content (AvgIpc) is 3.83. The quantitative estimate of drug-likeness (QED) is 0.0915. The molecule has 2 aliphatic heterocycles. The van der Waals surface area contributed by atoms with Gasteiger partial charge in [0.25, 0.3) is 0 Å². The molecule has 0 atom stereocenters. The van der Waals surface area contributed by atoms with Crippen molar-refractivity contribution in [3.63, 3.8) is 0 Å². The number of halogens is 1. The molecule has 0 bridgehead atoms. The standard InChI is InChI=1S/C23H30N4O4S.C18H22N4O2S.ClH/c1-23(2,3)31-22(29)26-10-8-15(9-11-26)27-13-17(20(28)30-4)16-7-6-14-12-24-21(32-5)25-18(14)19(16)27;1-24-17(23)14-10-22(12-5-7-19-8-6-12)16-13(14)4-3-11-9-20-18(25-2)21-15(11)16;/h12-13,15H,6-11H2,1-5H3;9-10,12,19H,3-8H2,1-2H3;1H. The Morgan fingerprint density at radius 2 is 1.17 bits per heavy atom. The Morgan fingerprint density at radius 3 is 1.59 bits per heavy atom. The highest BCUT2D eigenvalue weighted by Gasteiger charge is 2.35. The number of aromatic nitrogens is 6. The van der Waals surface area contributed by atoms with Gasteiger partial charge in [-0.1, -0.05) is 23.5 Å². The van der Waals surface area contributed by atoms with Gasteiger partial charge in [0.1, 0.15) is 5.60 Å². The fourth-order valence-electron chi connectivity index (χ4n) is 8.33. The Kier molecular flexibility index (Phi) is 13.8. The topological polar surface area (TPSA) is 156 Å². The van der Waals surface area contributed by atoms with E-state index in [-0.39, 0.29) is 36.5 Å². The van der Waals surface area contributed by atoms with Gasteiger partial charge in [-0.05, 0) is 120 Å². The molecule has 4 aromatic rings. The lowest BCUT2D eigenvalue weighted by Gasteiger charge is -2.35. The predicted molar refractivity (Wildman–Crippen MR) is 226 cm³/mol. The third-order valence-electron chi connectivity index (χ3n) is 11.1. The molecule has 8 rings (SSSR count). The number of hydrogen-bond donors (Lipinski definition) is 1. The largest absolute Gasteiger partial charge is 0.465 e. The van der Waals surface area contributed by atoms with E-state index in [9.17, 15) is 14.4 Å². The van der Waals surface area contributed by atoms with Crippen LogP contribution in [0.3, 0.4) is 0 Å². The lowest BCUT2D eigenvalue weighted by atomic mass is 9.92. The maximum Gasteiger partial charge on any atom is 0.410 e. The van der Waals surface area contributed by atoms with E-state index in [1.807, 2.05) is 58.1 Å². The fourth-order valence-corrected chi connectivity index (χ4v) is 9.01. The molecule has 17 heteroatoms. The number of hydrogen-bond acceptors (Lipinski definition) is 13. The zero-order chi connectivity index (χ0) is 40.4. The molecular formula is C41H53ClN8O6S2. The highest BCUT2D eigenvalue weighted by Crippen LogP contribution is 2.41. The minimum atomic E-state index is -0.513. The van der Waals surface area contributed by atoms with Crippen molar-refractivity contribution in [1.82, 2.24) is 39.3 Å². The number of amides is 1. The molecule has 0 saturated carbocycles. The van der Waals surface area contributed by atoms with Gasteiger partial charge < -0.3 is 33.6 Å². The Hall–Kier alpha value is -4.12. The summed E-state index contributed by atoms with van der Waals surface area (Å²) in [5.74, 6) is -0.583. The van der Waals surface area contributed by atoms with Crippen molar-refractivity contribution < 1.29 is 28.6 Å². The van der Waals surface area contributed by atoms with Gasteiger partial charge in [-0.2, -0.15) is 0 Å². The van der Waals surface area contributed by atoms with Crippen LogP contribution in [0.25, 0.3) is 22.8 Å². The van der Waals surface area contributed by atoms with Crippen molar-refractivity contribution in [3.05, 3.63) is 58.2 Å². The number of methoxy groups -OCH3 is 2. The minimum absolute atomic E-state index is 0. The summed E-state index contributed by atoms with van der Waals surface area (Å²) in [5.41, 5.74) is 9.05. The van der Waals surface area contributed by atoms with E-state index in [0.29, 0.717) is 35.4 Å². The van der Waals surface area contributed by atoms with Crippen molar-refractivity contribution in [1.29, 1.82) is 0 Å². The van der Waals surface area contributed by atoms with Crippen LogP contribution >= 0.6 is 35.9 Å². The monoisotopic (exact) mass is 852 g/mol. The number of rotatable bonds is 6. The van der Waals surface area contributed by atoms with Crippen LogP contribution in [-0.4, -0.2) is 111 Å². The SMILES string of the molecule is COC(=O)c1cn(C2CCN(C(=O)OC(C)(C)C)CC2)c2c1CCc1cnc(SC)nc1-2.COC(=O)c1cn(C2CCNCC2)c2c1CCc1cnc(SC)nc1-2.Cl. The maximum absolute atomic E-state index is 12.5. The number of likely N-dealkylation sites (tertiary alicyclic amines) is 1. The lowest BCUT2D eigenvalue weighted by Crippen LogP contribution is -2.42. The summed E-state index contributed by atoms with van der Waals surface area (Å²) in [5, 5.41) is 4.89. The van der Waals surface area contributed by atoms with Gasteiger partial charge in [0.15, 0.2) is 10.3 Å². The zero-order valence-electron chi connectivity index (χ0n) is 34.3. The van der Waals surface area contributed by atoms with Crippen molar-refractivity contribution in [3.8, 4) is 22.8 Å². The Bertz CT molecular complexity index is 2150. The van der Waals surface area contributed by atoms with E-state index < -0.39 is 5.60 Å². The van der Waals surface area contributed by atoms with Crippen molar-refractivity contribution in [2.24, 2.45) is 0 Å². The first kappa shape index (κ1) is 43.5. The van der Waals surface area contributed by atoms with E-state index in [0.717, 1.165) is 115 Å². The summed E-state index contributed by atoms with van der Waals surface area (Å²) in [4.78, 5) is 57.6. The van der Waals surface area contributed by atoms with Crippen LogP contribution in [0.1, 0.15) is 102 Å². The molecule has 4 aromatic heterocycles. The first-order valence-electron chi connectivity index (χ1n) is 19.6. The van der Waals surface area contributed by atoms with Crippen LogP contribution in [0, 0.1) is 0 Å². The second-order valence-corrected chi connectivity index (χ2v) is 17.2. The van der Waals surface area contributed by atoms with Gasteiger partial charge in [-0.15, -0.1) is 12.4 Å². The first-order chi connectivity index (χ1) is 27.4. The van der Waals surface area contributed by atoms with Gasteiger partial charge >= 0.3 is 18.0 Å². The second-order valence-electron chi connectivity index (χ2n) is 15.7. The smallest absolute Gasteiger partial charge is 0.410 e. The molecule has 2 aliphatic carbocycles. The number of thioether (sulfide) groups is 2. The number of fused-ring (bicyclic) bond motifs is 6. The highest BCUT2D eigenvalue weighted by atomic mass is 35.5. The first-order valence-corrected chi connectivity index (χ1v) is 22.0. The zero-order valence-corrected chi connectivity index (χ0v) is 36.7. The third kappa shape index (κ3) is 8.89. The molecule has 4 aliphatic rings. The second kappa shape index (κ2) is 18.4. The Labute approximate surface area is 354 Å². The van der Waals surface area contributed by atoms with Crippen molar-refractivity contribution in [2.75, 3.05) is 52.9 Å². The molecule has 2 fully saturated rings. The number of piperidine rings is 2. The van der Waals surface area contributed by atoms with E-state index in [4.69, 9.17) is 24.2 Å². The molecule has 6 heterocycles. The molecule has 1 amide bonds. The predicted octanol–water partition coefficient (Wildman–Crippen LogP) is 7.02. The van der Waals surface area contributed by atoms with E-state index in [2.05, 4.69) is 24.4 Å². The average molecular weight is 854 g/mol. The molecule has 14 nitrogen and oxygen atoms in total. The normalized spacial score (nSPS) is 16.4. The Morgan fingerprint density at radius 1 is 0.724 bits per heavy atom. The molecule has 1 N–H and O–H groups in total. The maximum atomic E-state index is 12.5. The van der Waals surface area contributed by atoms with Crippen LogP contribution in [0.5, 0.6) is 0 Å². The molecule has 2 saturated heterocycles. The summed E-state index contributed by atoms with van der Waals surface area (Å²) in [7, 11) is 2.86. The molecule has 312 valence electrons. The summed E-state index contributed by atoms with van der Waals surface area (Å²) in [6, 6.07) is 0.534. The minimum Gasteiger partial charge on any atom is -0.465 e. The summed E-state index contributed by atoms with van der Waals surface area (Å²) in [6.07, 6.45) is 18.3. The number of esters is 2. The van der Waals surface area contributed by atoms with Crippen LogP contribution in [0.2, 0.25) is 0 Å². The van der Waals surface area contributed by atoms with Gasteiger partial charge in [0.2, 0.25) is 0 Å². The molecule has 0 unspecified atom stereocenters. The number of nitrogens with zero attached hydrogens (tertiary/aromatic N) is 7. The molecule has 58 heavy (non-hydrogen) atoms. The van der Waals surface area contributed by atoms with Crippen LogP contribution in [0.4, 0.5) is 4.79 Å². The number of ether oxygens (including phenoxy) is 3. The number of carbonyl (C=O) groups is 3. The van der Waals surface area contributed by atoms with Crippen LogP contribution in [0.15, 0.2) is 35.1 Å². The van der Waals surface area contributed by atoms with Crippen LogP contribution in [-0.2, 0) is 39.9 Å². The van der Waals surface area contributed by atoms with Gasteiger partial charge in [0, 0.05) is 50.0 Å². The van der Waals surface area contributed by atoms with E-state index in [1.54, 1.807) is 16.7 Å². The highest BCUT2D eigenvalue weighted by molar-refractivity contribution is 7.98. The Balaban J connectivity index is 0.000000198. The van der Waals surface area contributed by atoms with Crippen molar-refractivity contribution >= 4 is 54.0 Å². The number of nitrogens with one attached hydrogen (secondary N) is 1. The summed E-state index contributed by atoms with van der Waals surface area (Å²) >= 11 is 3.04. The lowest BCUT2D eigenvalue weighted by molar-refractivity contribution is 0.0188. The molecule has 0 aromatic carbocycles. The third-order valence-corrected chi connectivity index (χ3v) is 12.2. The van der Waals surface area contributed by atoms with Crippen molar-refractivity contribution in [2.45, 2.75) is 100 Å². The number of carbonyl (C=O) groups excluding carboxylic acids is 3. The molecule has 0 spiro atoms. The molecular weight excluding hydrogens is 800 g/mol. The van der Waals surface area contributed by atoms with Gasteiger partial charge in [0.05, 0.1) is 48.1 Å². The number of aryl methyl sites for hydroxylation is 2. The van der Waals surface area contributed by atoms with E-state index >= 15 is 0 Å². The fraction of sp³-hybridized carbons (Fsp3) is 0.537. The molecule has 0 radical (unpaired) electrons. The summed E-state index contributed by atoms with van der Waals surface area (Å²) in [6.45, 7) is 8.83.